The number of hydrogen-bond acceptors (Lipinski definition) is 4. The Kier molecular flexibility index (Phi) is 1.78. The van der Waals surface area contributed by atoms with Crippen LogP contribution in [-0.2, 0) is 19.1 Å². The number of fused-ring (bicyclic) bond motifs is 3. The highest BCUT2D eigenvalue weighted by molar-refractivity contribution is 6.00. The molecule has 2 aliphatic heterocycles. The van der Waals surface area contributed by atoms with E-state index in [2.05, 4.69) is 4.74 Å². The fourth-order valence-corrected chi connectivity index (χ4v) is 2.15. The Morgan fingerprint density at radius 2 is 2.15 bits per heavy atom. The van der Waals surface area contributed by atoms with Crippen molar-refractivity contribution >= 4 is 11.9 Å². The molecule has 0 atom stereocenters. The zero-order valence-electron chi connectivity index (χ0n) is 7.54. The van der Waals surface area contributed by atoms with Gasteiger partial charge in [-0.25, -0.2) is 0 Å². The van der Waals surface area contributed by atoms with Crippen molar-refractivity contribution in [1.82, 2.24) is 0 Å². The van der Waals surface area contributed by atoms with Crippen LogP contribution in [0.1, 0.15) is 25.7 Å². The molecule has 0 aromatic carbocycles. The summed E-state index contributed by atoms with van der Waals surface area (Å²) < 4.78 is 9.71. The topological polar surface area (TPSA) is 52.6 Å². The van der Waals surface area contributed by atoms with Crippen LogP contribution in [-0.4, -0.2) is 25.2 Å². The molecule has 0 aromatic heterocycles. The van der Waals surface area contributed by atoms with E-state index in [1.54, 1.807) is 0 Å². The first-order chi connectivity index (χ1) is 6.19. The molecule has 1 saturated carbocycles. The van der Waals surface area contributed by atoms with E-state index < -0.39 is 11.4 Å². The van der Waals surface area contributed by atoms with Crippen molar-refractivity contribution in [3.05, 3.63) is 0 Å². The highest BCUT2D eigenvalue weighted by Crippen LogP contribution is 2.44. The van der Waals surface area contributed by atoms with Crippen LogP contribution in [0.2, 0.25) is 0 Å². The number of methoxy groups -OCH3 is 1. The van der Waals surface area contributed by atoms with Gasteiger partial charge in [0, 0.05) is 0 Å². The SMILES string of the molecule is COC(=O)C12CCC(CC1)OC2=O. The summed E-state index contributed by atoms with van der Waals surface area (Å²) in [6.45, 7) is 0. The molecule has 3 fully saturated rings. The fraction of sp³-hybridized carbons (Fsp3) is 0.778. The molecule has 1 aliphatic carbocycles. The summed E-state index contributed by atoms with van der Waals surface area (Å²) in [7, 11) is 1.31. The van der Waals surface area contributed by atoms with Crippen LogP contribution in [0.4, 0.5) is 0 Å². The molecule has 2 heterocycles. The highest BCUT2D eigenvalue weighted by Gasteiger charge is 2.55. The summed E-state index contributed by atoms with van der Waals surface area (Å²) in [5.74, 6) is -0.822. The van der Waals surface area contributed by atoms with Crippen molar-refractivity contribution in [1.29, 1.82) is 0 Å². The van der Waals surface area contributed by atoms with Gasteiger partial charge in [0.2, 0.25) is 0 Å². The lowest BCUT2D eigenvalue weighted by Crippen LogP contribution is -2.51. The first-order valence-electron chi connectivity index (χ1n) is 4.48. The number of esters is 2. The van der Waals surface area contributed by atoms with E-state index in [0.29, 0.717) is 12.8 Å². The van der Waals surface area contributed by atoms with E-state index in [0.717, 1.165) is 12.8 Å². The monoisotopic (exact) mass is 184 g/mol. The predicted molar refractivity (Wildman–Crippen MR) is 42.8 cm³/mol. The number of rotatable bonds is 1. The van der Waals surface area contributed by atoms with Gasteiger partial charge in [-0.1, -0.05) is 0 Å². The van der Waals surface area contributed by atoms with Crippen molar-refractivity contribution in [2.24, 2.45) is 5.41 Å². The Hall–Kier alpha value is -1.06. The lowest BCUT2D eigenvalue weighted by atomic mass is 9.70. The first kappa shape index (κ1) is 8.53. The van der Waals surface area contributed by atoms with E-state index in [4.69, 9.17) is 4.74 Å². The minimum Gasteiger partial charge on any atom is -0.468 e. The van der Waals surface area contributed by atoms with E-state index in [1.165, 1.54) is 7.11 Å². The third kappa shape index (κ3) is 1.04. The van der Waals surface area contributed by atoms with Gasteiger partial charge in [-0.2, -0.15) is 0 Å². The molecular weight excluding hydrogens is 172 g/mol. The van der Waals surface area contributed by atoms with E-state index in [9.17, 15) is 9.59 Å². The maximum Gasteiger partial charge on any atom is 0.323 e. The highest BCUT2D eigenvalue weighted by atomic mass is 16.6. The molecule has 13 heavy (non-hydrogen) atoms. The molecule has 0 spiro atoms. The number of carbonyl (C=O) groups excluding carboxylic acids is 2. The van der Waals surface area contributed by atoms with Crippen LogP contribution in [0.5, 0.6) is 0 Å². The molecule has 2 saturated heterocycles. The largest absolute Gasteiger partial charge is 0.468 e. The number of ether oxygens (including phenoxy) is 2. The molecule has 0 unspecified atom stereocenters. The lowest BCUT2D eigenvalue weighted by molar-refractivity contribution is -0.192. The van der Waals surface area contributed by atoms with Gasteiger partial charge < -0.3 is 9.47 Å². The van der Waals surface area contributed by atoms with Crippen LogP contribution in [0.3, 0.4) is 0 Å². The molecule has 3 aliphatic rings. The lowest BCUT2D eigenvalue weighted by Gasteiger charge is -2.41. The van der Waals surface area contributed by atoms with Crippen LogP contribution >= 0.6 is 0 Å². The summed E-state index contributed by atoms with van der Waals surface area (Å²) in [5, 5.41) is 0. The van der Waals surface area contributed by atoms with E-state index in [-0.39, 0.29) is 12.1 Å². The van der Waals surface area contributed by atoms with Crippen molar-refractivity contribution < 1.29 is 19.1 Å². The Labute approximate surface area is 76.2 Å². The third-order valence-electron chi connectivity index (χ3n) is 3.03. The number of carbonyl (C=O) groups is 2. The quantitative estimate of drug-likeness (QED) is 0.443. The van der Waals surface area contributed by atoms with Crippen LogP contribution in [0.25, 0.3) is 0 Å². The normalized spacial score (nSPS) is 37.0. The van der Waals surface area contributed by atoms with Crippen LogP contribution < -0.4 is 0 Å². The second kappa shape index (κ2) is 2.72. The second-order valence-electron chi connectivity index (χ2n) is 3.68. The second-order valence-corrected chi connectivity index (χ2v) is 3.68. The minimum absolute atomic E-state index is 0.0408. The zero-order valence-corrected chi connectivity index (χ0v) is 7.54. The molecule has 0 N–H and O–H groups in total. The molecule has 0 radical (unpaired) electrons. The van der Waals surface area contributed by atoms with Crippen molar-refractivity contribution in [3.63, 3.8) is 0 Å². The molecular formula is C9H12O4. The first-order valence-corrected chi connectivity index (χ1v) is 4.48. The predicted octanol–water partition coefficient (Wildman–Crippen LogP) is 0.645. The molecule has 0 amide bonds. The van der Waals surface area contributed by atoms with Gasteiger partial charge >= 0.3 is 11.9 Å². The zero-order chi connectivity index (χ0) is 9.47. The molecule has 72 valence electrons. The molecule has 4 heteroatoms. The van der Waals surface area contributed by atoms with Crippen molar-refractivity contribution in [2.75, 3.05) is 7.11 Å². The van der Waals surface area contributed by atoms with Crippen LogP contribution in [0.15, 0.2) is 0 Å². The van der Waals surface area contributed by atoms with Crippen molar-refractivity contribution in [3.8, 4) is 0 Å². The van der Waals surface area contributed by atoms with Gasteiger partial charge in [-0.3, -0.25) is 9.59 Å². The van der Waals surface area contributed by atoms with Gasteiger partial charge in [0.15, 0.2) is 5.41 Å². The summed E-state index contributed by atoms with van der Waals surface area (Å²) in [6.07, 6.45) is 2.80. The van der Waals surface area contributed by atoms with Crippen molar-refractivity contribution in [2.45, 2.75) is 31.8 Å². The molecule has 2 bridgehead atoms. The van der Waals surface area contributed by atoms with Gasteiger partial charge in [0.1, 0.15) is 6.10 Å². The Morgan fingerprint density at radius 3 is 2.62 bits per heavy atom. The Balaban J connectivity index is 2.28. The smallest absolute Gasteiger partial charge is 0.323 e. The summed E-state index contributed by atoms with van der Waals surface area (Å²) in [4.78, 5) is 22.9. The third-order valence-corrected chi connectivity index (χ3v) is 3.03. The van der Waals surface area contributed by atoms with Gasteiger partial charge in [-0.05, 0) is 25.7 Å². The summed E-state index contributed by atoms with van der Waals surface area (Å²) >= 11 is 0. The maximum absolute atomic E-state index is 11.5. The molecule has 0 aromatic rings. The van der Waals surface area contributed by atoms with E-state index >= 15 is 0 Å². The molecule has 3 rings (SSSR count). The Morgan fingerprint density at radius 1 is 1.54 bits per heavy atom. The van der Waals surface area contributed by atoms with E-state index in [1.807, 2.05) is 0 Å². The average Bonchev–Trinajstić information content (AvgIpc) is 2.18. The summed E-state index contributed by atoms with van der Waals surface area (Å²) in [6, 6.07) is 0. The van der Waals surface area contributed by atoms with Crippen LogP contribution in [0, 0.1) is 5.41 Å². The Bertz CT molecular complexity index is 240. The maximum atomic E-state index is 11.5. The summed E-state index contributed by atoms with van der Waals surface area (Å²) in [5.41, 5.74) is -0.969. The standard InChI is InChI=1S/C9H12O4/c1-12-7(10)9-4-2-6(3-5-9)13-8(9)11/h6H,2-5H2,1H3. The number of hydrogen-bond donors (Lipinski definition) is 0. The minimum atomic E-state index is -0.969. The van der Waals surface area contributed by atoms with Gasteiger partial charge in [0.25, 0.3) is 0 Å². The average molecular weight is 184 g/mol. The van der Waals surface area contributed by atoms with Gasteiger partial charge in [0.05, 0.1) is 7.11 Å². The fourth-order valence-electron chi connectivity index (χ4n) is 2.15. The molecule has 4 nitrogen and oxygen atoms in total. The van der Waals surface area contributed by atoms with Gasteiger partial charge in [-0.15, -0.1) is 0 Å².